The number of benzene rings is 2. The number of aryl methyl sites for hydroxylation is 1. The zero-order valence-electron chi connectivity index (χ0n) is 17.5. The molecule has 3 rings (SSSR count). The number of imidazole rings is 1. The number of fused-ring (bicyclic) bond motifs is 1. The highest BCUT2D eigenvalue weighted by atomic mass is 32.2. The Hall–Kier alpha value is -2.36. The number of nitrogens with one attached hydrogen (secondary N) is 2. The first kappa shape index (κ1) is 22.3. The lowest BCUT2D eigenvalue weighted by Crippen LogP contribution is -2.20. The molecular weight excluding hydrogens is 420 g/mol. The average molecular weight is 447 g/mol. The average Bonchev–Trinajstić information content (AvgIpc) is 3.05. The van der Waals surface area contributed by atoms with Gasteiger partial charge in [-0.2, -0.15) is 0 Å². The molecular formula is C21H26N4O3S2. The van der Waals surface area contributed by atoms with E-state index in [1.165, 1.54) is 24.9 Å². The smallest absolute Gasteiger partial charge is 0.240 e. The molecule has 0 aliphatic heterocycles. The number of aromatic nitrogens is 2. The molecule has 3 aromatic rings. The summed E-state index contributed by atoms with van der Waals surface area (Å²) >= 11 is 1.37. The van der Waals surface area contributed by atoms with Gasteiger partial charge < -0.3 is 9.88 Å². The van der Waals surface area contributed by atoms with Crippen molar-refractivity contribution in [3.63, 3.8) is 0 Å². The molecule has 0 saturated heterocycles. The molecule has 0 aliphatic carbocycles. The summed E-state index contributed by atoms with van der Waals surface area (Å²) in [4.78, 5) is 17.3. The van der Waals surface area contributed by atoms with Gasteiger partial charge in [0.1, 0.15) is 0 Å². The van der Waals surface area contributed by atoms with Crippen LogP contribution < -0.4 is 10.0 Å². The van der Waals surface area contributed by atoms with Gasteiger partial charge in [0, 0.05) is 12.2 Å². The number of hydrogen-bond donors (Lipinski definition) is 2. The number of sulfonamides is 1. The Morgan fingerprint density at radius 2 is 1.93 bits per heavy atom. The van der Waals surface area contributed by atoms with Gasteiger partial charge in [-0.25, -0.2) is 18.1 Å². The van der Waals surface area contributed by atoms with Crippen LogP contribution in [0.2, 0.25) is 0 Å². The van der Waals surface area contributed by atoms with Crippen LogP contribution in [0.1, 0.15) is 19.4 Å². The maximum Gasteiger partial charge on any atom is 0.240 e. The van der Waals surface area contributed by atoms with Gasteiger partial charge in [0.2, 0.25) is 15.9 Å². The van der Waals surface area contributed by atoms with E-state index in [-0.39, 0.29) is 16.6 Å². The van der Waals surface area contributed by atoms with Crippen LogP contribution in [0.4, 0.5) is 5.69 Å². The maximum atomic E-state index is 12.5. The fraction of sp³-hybridized carbons (Fsp3) is 0.333. The molecule has 2 aromatic carbocycles. The Morgan fingerprint density at radius 1 is 1.20 bits per heavy atom. The molecule has 9 heteroatoms. The second-order valence-electron chi connectivity index (χ2n) is 7.41. The highest BCUT2D eigenvalue weighted by molar-refractivity contribution is 7.99. The van der Waals surface area contributed by atoms with Gasteiger partial charge in [-0.1, -0.05) is 43.8 Å². The Labute approximate surface area is 181 Å². The zero-order valence-corrected chi connectivity index (χ0v) is 19.1. The van der Waals surface area contributed by atoms with Crippen molar-refractivity contribution in [3.05, 3.63) is 48.0 Å². The number of para-hydroxylation sites is 2. The van der Waals surface area contributed by atoms with Crippen molar-refractivity contribution in [3.8, 4) is 0 Å². The molecule has 1 aromatic heterocycles. The monoisotopic (exact) mass is 446 g/mol. The standard InChI is InChI=1S/C21H26N4O3S2/c1-14(2)12-25-18-8-6-5-7-17(18)24-21(25)29-13-20(26)23-16-10-9-15(3)19(11-16)30(27,28)22-4/h5-11,14,22H,12-13H2,1-4H3,(H,23,26). The molecule has 0 bridgehead atoms. The second-order valence-corrected chi connectivity index (χ2v) is 10.2. The van der Waals surface area contributed by atoms with Crippen molar-refractivity contribution in [1.29, 1.82) is 0 Å². The third-order valence-corrected chi connectivity index (χ3v) is 7.06. The molecule has 0 unspecified atom stereocenters. The highest BCUT2D eigenvalue weighted by Crippen LogP contribution is 2.26. The quantitative estimate of drug-likeness (QED) is 0.515. The van der Waals surface area contributed by atoms with E-state index in [0.29, 0.717) is 17.2 Å². The lowest BCUT2D eigenvalue weighted by Gasteiger charge is -2.12. The van der Waals surface area contributed by atoms with Gasteiger partial charge in [0.25, 0.3) is 0 Å². The summed E-state index contributed by atoms with van der Waals surface area (Å²) in [5.41, 5.74) is 3.01. The second kappa shape index (κ2) is 9.20. The fourth-order valence-corrected chi connectivity index (χ4v) is 4.93. The summed E-state index contributed by atoms with van der Waals surface area (Å²) in [5.74, 6) is 0.388. The van der Waals surface area contributed by atoms with E-state index in [9.17, 15) is 13.2 Å². The topological polar surface area (TPSA) is 93.1 Å². The normalized spacial score (nSPS) is 11.9. The fourth-order valence-electron chi connectivity index (χ4n) is 3.11. The maximum absolute atomic E-state index is 12.5. The lowest BCUT2D eigenvalue weighted by molar-refractivity contribution is -0.113. The highest BCUT2D eigenvalue weighted by Gasteiger charge is 2.17. The van der Waals surface area contributed by atoms with Crippen molar-refractivity contribution >= 4 is 44.4 Å². The molecule has 0 spiro atoms. The predicted molar refractivity (Wildman–Crippen MR) is 121 cm³/mol. The number of amides is 1. The third-order valence-electron chi connectivity index (χ3n) is 4.53. The molecule has 0 radical (unpaired) electrons. The first-order chi connectivity index (χ1) is 14.2. The van der Waals surface area contributed by atoms with Crippen molar-refractivity contribution < 1.29 is 13.2 Å². The van der Waals surface area contributed by atoms with Crippen LogP contribution in [-0.4, -0.2) is 36.7 Å². The first-order valence-corrected chi connectivity index (χ1v) is 12.1. The van der Waals surface area contributed by atoms with Crippen LogP contribution in [0.15, 0.2) is 52.5 Å². The number of nitrogens with zero attached hydrogens (tertiary/aromatic N) is 2. The minimum Gasteiger partial charge on any atom is -0.325 e. The first-order valence-electron chi connectivity index (χ1n) is 9.63. The molecule has 160 valence electrons. The van der Waals surface area contributed by atoms with E-state index in [1.54, 1.807) is 19.1 Å². The zero-order chi connectivity index (χ0) is 21.9. The van der Waals surface area contributed by atoms with Gasteiger partial charge in [-0.05, 0) is 49.7 Å². The summed E-state index contributed by atoms with van der Waals surface area (Å²) in [6.45, 7) is 6.81. The Balaban J connectivity index is 1.75. The Bertz CT molecular complexity index is 1170. The van der Waals surface area contributed by atoms with Crippen LogP contribution in [-0.2, 0) is 21.4 Å². The Kier molecular flexibility index (Phi) is 6.84. The SMILES string of the molecule is CNS(=O)(=O)c1cc(NC(=O)CSc2nc3ccccc3n2CC(C)C)ccc1C. The summed E-state index contributed by atoms with van der Waals surface area (Å²) < 4.78 is 28.7. The van der Waals surface area contributed by atoms with E-state index in [1.807, 2.05) is 24.3 Å². The molecule has 1 amide bonds. The summed E-state index contributed by atoms with van der Waals surface area (Å²) in [7, 11) is -2.23. The Morgan fingerprint density at radius 3 is 2.63 bits per heavy atom. The number of rotatable bonds is 8. The van der Waals surface area contributed by atoms with Gasteiger partial charge in [-0.15, -0.1) is 0 Å². The molecule has 30 heavy (non-hydrogen) atoms. The van der Waals surface area contributed by atoms with Crippen molar-refractivity contribution in [2.24, 2.45) is 5.92 Å². The summed E-state index contributed by atoms with van der Waals surface area (Å²) in [5, 5.41) is 3.57. The molecule has 2 N–H and O–H groups in total. The number of carbonyl (C=O) groups is 1. The third kappa shape index (κ3) is 5.03. The van der Waals surface area contributed by atoms with Gasteiger partial charge in [0.15, 0.2) is 5.16 Å². The largest absolute Gasteiger partial charge is 0.325 e. The lowest BCUT2D eigenvalue weighted by atomic mass is 10.2. The summed E-state index contributed by atoms with van der Waals surface area (Å²) in [6, 6.07) is 12.8. The van der Waals surface area contributed by atoms with Gasteiger partial charge >= 0.3 is 0 Å². The van der Waals surface area contributed by atoms with Gasteiger partial charge in [0.05, 0.1) is 21.7 Å². The molecule has 0 saturated carbocycles. The molecule has 0 fully saturated rings. The van der Waals surface area contributed by atoms with Crippen LogP contribution in [0.3, 0.4) is 0 Å². The minimum atomic E-state index is -3.59. The van der Waals surface area contributed by atoms with Crippen LogP contribution in [0, 0.1) is 12.8 Å². The number of hydrogen-bond acceptors (Lipinski definition) is 5. The van der Waals surface area contributed by atoms with Crippen molar-refractivity contribution in [2.75, 3.05) is 18.1 Å². The number of anilines is 1. The van der Waals surface area contributed by atoms with E-state index in [2.05, 4.69) is 33.4 Å². The van der Waals surface area contributed by atoms with Crippen molar-refractivity contribution in [1.82, 2.24) is 14.3 Å². The predicted octanol–water partition coefficient (Wildman–Crippen LogP) is 3.64. The van der Waals surface area contributed by atoms with Gasteiger partial charge in [-0.3, -0.25) is 4.79 Å². The van der Waals surface area contributed by atoms with Crippen molar-refractivity contribution in [2.45, 2.75) is 37.4 Å². The van der Waals surface area contributed by atoms with Crippen LogP contribution >= 0.6 is 11.8 Å². The molecule has 0 aliphatic rings. The summed E-state index contributed by atoms with van der Waals surface area (Å²) in [6.07, 6.45) is 0. The van der Waals surface area contributed by atoms with E-state index in [4.69, 9.17) is 0 Å². The van der Waals surface area contributed by atoms with E-state index in [0.717, 1.165) is 22.7 Å². The molecule has 7 nitrogen and oxygen atoms in total. The van der Waals surface area contributed by atoms with Crippen LogP contribution in [0.25, 0.3) is 11.0 Å². The van der Waals surface area contributed by atoms with Crippen LogP contribution in [0.5, 0.6) is 0 Å². The molecule has 0 atom stereocenters. The molecule has 1 heterocycles. The van der Waals surface area contributed by atoms with E-state index >= 15 is 0 Å². The van der Waals surface area contributed by atoms with E-state index < -0.39 is 10.0 Å². The number of carbonyl (C=O) groups excluding carboxylic acids is 1. The minimum absolute atomic E-state index is 0.147. The number of thioether (sulfide) groups is 1.